The van der Waals surface area contributed by atoms with Gasteiger partial charge in [0.2, 0.25) is 0 Å². The van der Waals surface area contributed by atoms with Gasteiger partial charge in [-0.1, -0.05) is 49.4 Å². The molecule has 3 fully saturated rings. The van der Waals surface area contributed by atoms with Crippen molar-refractivity contribution in [1.29, 1.82) is 0 Å². The van der Waals surface area contributed by atoms with Gasteiger partial charge in [-0.2, -0.15) is 9.97 Å². The van der Waals surface area contributed by atoms with E-state index in [4.69, 9.17) is 14.7 Å². The molecule has 0 saturated carbocycles. The normalized spacial score (nSPS) is 21.5. The molecule has 8 rings (SSSR count). The highest BCUT2D eigenvalue weighted by Crippen LogP contribution is 2.42. The second-order valence-electron chi connectivity index (χ2n) is 13.3. The van der Waals surface area contributed by atoms with Crippen LogP contribution in [0.15, 0.2) is 60.8 Å². The van der Waals surface area contributed by atoms with E-state index in [-0.39, 0.29) is 11.5 Å². The van der Waals surface area contributed by atoms with Crippen molar-refractivity contribution in [3.8, 4) is 6.01 Å². The fourth-order valence-corrected chi connectivity index (χ4v) is 8.57. The minimum absolute atomic E-state index is 0.156. The number of ether oxygens (including phenoxy) is 1. The van der Waals surface area contributed by atoms with Crippen molar-refractivity contribution in [3.05, 3.63) is 83.2 Å². The molecule has 8 nitrogen and oxygen atoms in total. The maximum absolute atomic E-state index is 6.62. The van der Waals surface area contributed by atoms with Crippen molar-refractivity contribution < 1.29 is 4.74 Å². The average molecular weight is 604 g/mol. The number of aryl methyl sites for hydroxylation is 1. The van der Waals surface area contributed by atoms with Crippen LogP contribution < -0.4 is 19.9 Å². The molecule has 0 bridgehead atoms. The average Bonchev–Trinajstić information content (AvgIpc) is 3.58. The molecule has 1 N–H and O–H groups in total. The Kier molecular flexibility index (Phi) is 7.79. The highest BCUT2D eigenvalue weighted by atomic mass is 16.5. The molecule has 2 aromatic carbocycles. The van der Waals surface area contributed by atoms with Crippen molar-refractivity contribution in [2.75, 3.05) is 62.2 Å². The SMILES string of the molecule is CCc1cccc2cccc(C3CNCc4nc(OCC56CCCN5CCC6)nc(N5CCCN(c6ccccn6)CC5)c43)c12. The summed E-state index contributed by atoms with van der Waals surface area (Å²) in [4.78, 5) is 22.7. The van der Waals surface area contributed by atoms with E-state index in [0.29, 0.717) is 12.6 Å². The Morgan fingerprint density at radius 3 is 2.51 bits per heavy atom. The molecule has 45 heavy (non-hydrogen) atoms. The van der Waals surface area contributed by atoms with Crippen molar-refractivity contribution in [1.82, 2.24) is 25.2 Å². The molecular formula is C37H45N7O. The van der Waals surface area contributed by atoms with Crippen LogP contribution in [-0.2, 0) is 13.0 Å². The van der Waals surface area contributed by atoms with Crippen molar-refractivity contribution in [2.24, 2.45) is 0 Å². The van der Waals surface area contributed by atoms with Crippen LogP contribution in [0.5, 0.6) is 6.01 Å². The van der Waals surface area contributed by atoms with Gasteiger partial charge < -0.3 is 19.9 Å². The van der Waals surface area contributed by atoms with Crippen LogP contribution in [0.4, 0.5) is 11.6 Å². The molecule has 1 atom stereocenters. The molecule has 6 heterocycles. The maximum atomic E-state index is 6.62. The number of nitrogens with zero attached hydrogens (tertiary/aromatic N) is 6. The van der Waals surface area contributed by atoms with Gasteiger partial charge in [-0.15, -0.1) is 0 Å². The van der Waals surface area contributed by atoms with E-state index >= 15 is 0 Å². The Morgan fingerprint density at radius 1 is 0.867 bits per heavy atom. The van der Waals surface area contributed by atoms with Gasteiger partial charge in [0.1, 0.15) is 18.2 Å². The zero-order valence-electron chi connectivity index (χ0n) is 26.5. The number of rotatable bonds is 7. The molecule has 3 saturated heterocycles. The van der Waals surface area contributed by atoms with E-state index in [1.54, 1.807) is 0 Å². The molecule has 2 aromatic heterocycles. The van der Waals surface area contributed by atoms with E-state index < -0.39 is 0 Å². The van der Waals surface area contributed by atoms with Gasteiger partial charge in [0.25, 0.3) is 0 Å². The predicted molar refractivity (Wildman–Crippen MR) is 180 cm³/mol. The number of hydrogen-bond donors (Lipinski definition) is 1. The molecule has 1 unspecified atom stereocenters. The van der Waals surface area contributed by atoms with Crippen LogP contribution in [0.3, 0.4) is 0 Å². The van der Waals surface area contributed by atoms with Gasteiger partial charge >= 0.3 is 6.01 Å². The molecular weight excluding hydrogens is 558 g/mol. The Balaban J connectivity index is 1.19. The van der Waals surface area contributed by atoms with Gasteiger partial charge in [-0.3, -0.25) is 4.90 Å². The summed E-state index contributed by atoms with van der Waals surface area (Å²) >= 11 is 0. The van der Waals surface area contributed by atoms with Gasteiger partial charge in [0.05, 0.1) is 11.2 Å². The monoisotopic (exact) mass is 603 g/mol. The highest BCUT2D eigenvalue weighted by molar-refractivity contribution is 5.90. The van der Waals surface area contributed by atoms with Crippen LogP contribution in [-0.4, -0.2) is 77.8 Å². The first-order valence-electron chi connectivity index (χ1n) is 17.1. The third kappa shape index (κ3) is 5.32. The van der Waals surface area contributed by atoms with Gasteiger partial charge in [0, 0.05) is 56.9 Å². The minimum atomic E-state index is 0.156. The maximum Gasteiger partial charge on any atom is 0.318 e. The number of hydrogen-bond acceptors (Lipinski definition) is 8. The number of anilines is 2. The number of aromatic nitrogens is 3. The first kappa shape index (κ1) is 28.7. The minimum Gasteiger partial charge on any atom is -0.461 e. The van der Waals surface area contributed by atoms with Crippen LogP contribution in [0.1, 0.15) is 67.3 Å². The third-order valence-electron chi connectivity index (χ3n) is 10.8. The fourth-order valence-electron chi connectivity index (χ4n) is 8.57. The third-order valence-corrected chi connectivity index (χ3v) is 10.8. The van der Waals surface area contributed by atoms with E-state index in [1.807, 2.05) is 12.3 Å². The second-order valence-corrected chi connectivity index (χ2v) is 13.3. The lowest BCUT2D eigenvalue weighted by molar-refractivity contribution is 0.107. The zero-order chi connectivity index (χ0) is 30.2. The summed E-state index contributed by atoms with van der Waals surface area (Å²) < 4.78 is 6.62. The van der Waals surface area contributed by atoms with E-state index in [2.05, 4.69) is 80.5 Å². The molecule has 4 aliphatic heterocycles. The molecule has 0 radical (unpaired) electrons. The van der Waals surface area contributed by atoms with Gasteiger partial charge in [0.15, 0.2) is 0 Å². The molecule has 0 amide bonds. The van der Waals surface area contributed by atoms with Crippen LogP contribution >= 0.6 is 0 Å². The van der Waals surface area contributed by atoms with Gasteiger partial charge in [-0.25, -0.2) is 4.98 Å². The lowest BCUT2D eigenvalue weighted by atomic mass is 9.83. The quantitative estimate of drug-likeness (QED) is 0.295. The fraction of sp³-hybridized carbons (Fsp3) is 0.486. The van der Waals surface area contributed by atoms with E-state index in [0.717, 1.165) is 69.4 Å². The Hall–Kier alpha value is -3.75. The largest absolute Gasteiger partial charge is 0.461 e. The second kappa shape index (κ2) is 12.2. The summed E-state index contributed by atoms with van der Waals surface area (Å²) in [6.07, 6.45) is 8.89. The number of pyridine rings is 1. The van der Waals surface area contributed by atoms with Crippen molar-refractivity contribution in [2.45, 2.75) is 63.5 Å². The Morgan fingerprint density at radius 2 is 1.69 bits per heavy atom. The number of nitrogens with one attached hydrogen (secondary N) is 1. The highest BCUT2D eigenvalue weighted by Gasteiger charge is 2.45. The predicted octanol–water partition coefficient (Wildman–Crippen LogP) is 5.55. The first-order chi connectivity index (χ1) is 22.2. The summed E-state index contributed by atoms with van der Waals surface area (Å²) in [6, 6.07) is 20.3. The first-order valence-corrected chi connectivity index (χ1v) is 17.1. The van der Waals surface area contributed by atoms with E-state index in [1.165, 1.54) is 66.2 Å². The summed E-state index contributed by atoms with van der Waals surface area (Å²) in [5.74, 6) is 2.26. The van der Waals surface area contributed by atoms with Gasteiger partial charge in [-0.05, 0) is 85.6 Å². The lowest BCUT2D eigenvalue weighted by Gasteiger charge is -2.34. The zero-order valence-corrected chi connectivity index (χ0v) is 26.5. The molecule has 4 aromatic rings. The smallest absolute Gasteiger partial charge is 0.318 e. The molecule has 0 aliphatic carbocycles. The molecule has 8 heteroatoms. The summed E-state index contributed by atoms with van der Waals surface area (Å²) in [5.41, 5.74) is 5.28. The van der Waals surface area contributed by atoms with Crippen LogP contribution in [0.25, 0.3) is 10.8 Å². The molecule has 234 valence electrons. The molecule has 0 spiro atoms. The van der Waals surface area contributed by atoms with Crippen molar-refractivity contribution in [3.63, 3.8) is 0 Å². The Bertz CT molecular complexity index is 1640. The van der Waals surface area contributed by atoms with Crippen LogP contribution in [0, 0.1) is 0 Å². The van der Waals surface area contributed by atoms with Crippen molar-refractivity contribution >= 4 is 22.4 Å². The standard InChI is InChI=1S/C37H45N7O/c1-2-27-10-5-11-28-12-6-13-29(33(27)28)30-24-38-25-31-34(30)35(43-19-9-18-42(22-23-43)32-14-3-4-17-39-32)41-36(40-31)45-26-37-15-7-20-44(37)21-8-16-37/h3-6,10-14,17,30,38H,2,7-9,15-16,18-26H2,1H3. The summed E-state index contributed by atoms with van der Waals surface area (Å²) in [6.45, 7) is 10.6. The Labute approximate surface area is 266 Å². The summed E-state index contributed by atoms with van der Waals surface area (Å²) in [5, 5.41) is 6.42. The number of benzene rings is 2. The topological polar surface area (TPSA) is 69.7 Å². The number of fused-ring (bicyclic) bond motifs is 3. The van der Waals surface area contributed by atoms with Crippen LogP contribution in [0.2, 0.25) is 0 Å². The molecule has 4 aliphatic rings. The summed E-state index contributed by atoms with van der Waals surface area (Å²) in [7, 11) is 0. The lowest BCUT2D eigenvalue weighted by Crippen LogP contribution is -2.43. The van der Waals surface area contributed by atoms with E-state index in [9.17, 15) is 0 Å².